The number of halogens is 2. The summed E-state index contributed by atoms with van der Waals surface area (Å²) in [6, 6.07) is 3.74. The van der Waals surface area contributed by atoms with Crippen LogP contribution in [0.25, 0.3) is 11.4 Å². The summed E-state index contributed by atoms with van der Waals surface area (Å²) < 4.78 is 1.94. The minimum absolute atomic E-state index is 0.259. The lowest BCUT2D eigenvalue weighted by Gasteiger charge is -2.11. The standard InChI is InChI=1S/C11H12Cl2N4/c1-6(2)17-5-15-16-11(17)7-3-8(12)10(14)9(13)4-7/h3-6H,14H2,1-2H3. The summed E-state index contributed by atoms with van der Waals surface area (Å²) in [5.41, 5.74) is 6.88. The Balaban J connectivity index is 2.57. The van der Waals surface area contributed by atoms with Gasteiger partial charge in [-0.1, -0.05) is 23.2 Å². The Morgan fingerprint density at radius 1 is 1.24 bits per heavy atom. The molecule has 2 rings (SSSR count). The van der Waals surface area contributed by atoms with Crippen molar-refractivity contribution in [3.05, 3.63) is 28.5 Å². The van der Waals surface area contributed by atoms with E-state index in [1.54, 1.807) is 18.5 Å². The smallest absolute Gasteiger partial charge is 0.164 e. The molecule has 2 N–H and O–H groups in total. The molecular formula is C11H12Cl2N4. The number of hydrogen-bond acceptors (Lipinski definition) is 3. The maximum Gasteiger partial charge on any atom is 0.164 e. The summed E-state index contributed by atoms with van der Waals surface area (Å²) in [7, 11) is 0. The van der Waals surface area contributed by atoms with Crippen molar-refractivity contribution in [2.75, 3.05) is 5.73 Å². The van der Waals surface area contributed by atoms with E-state index in [4.69, 9.17) is 28.9 Å². The van der Waals surface area contributed by atoms with Gasteiger partial charge in [0, 0.05) is 11.6 Å². The lowest BCUT2D eigenvalue weighted by molar-refractivity contribution is 0.604. The summed E-state index contributed by atoms with van der Waals surface area (Å²) in [6.07, 6.45) is 1.68. The second kappa shape index (κ2) is 4.55. The molecule has 0 spiro atoms. The molecule has 0 radical (unpaired) electrons. The zero-order valence-electron chi connectivity index (χ0n) is 9.48. The molecule has 0 saturated carbocycles. The monoisotopic (exact) mass is 270 g/mol. The molecule has 0 fully saturated rings. The van der Waals surface area contributed by atoms with Gasteiger partial charge in [-0.3, -0.25) is 0 Å². The Kier molecular flexibility index (Phi) is 3.26. The fraction of sp³-hybridized carbons (Fsp3) is 0.273. The number of benzene rings is 1. The SMILES string of the molecule is CC(C)n1cnnc1-c1cc(Cl)c(N)c(Cl)c1. The van der Waals surface area contributed by atoms with Gasteiger partial charge in [-0.05, 0) is 26.0 Å². The Morgan fingerprint density at radius 3 is 2.35 bits per heavy atom. The summed E-state index contributed by atoms with van der Waals surface area (Å²) in [5, 5.41) is 8.82. The highest BCUT2D eigenvalue weighted by Crippen LogP contribution is 2.33. The third-order valence-electron chi connectivity index (χ3n) is 2.47. The van der Waals surface area contributed by atoms with Crippen LogP contribution in [0.1, 0.15) is 19.9 Å². The lowest BCUT2D eigenvalue weighted by atomic mass is 10.2. The Bertz CT molecular complexity index is 525. The van der Waals surface area contributed by atoms with Gasteiger partial charge in [0.25, 0.3) is 0 Å². The minimum Gasteiger partial charge on any atom is -0.396 e. The summed E-state index contributed by atoms with van der Waals surface area (Å²) in [6.45, 7) is 4.10. The van der Waals surface area contributed by atoms with Crippen LogP contribution in [0.4, 0.5) is 5.69 Å². The van der Waals surface area contributed by atoms with Crippen LogP contribution in [0.2, 0.25) is 10.0 Å². The van der Waals surface area contributed by atoms with Crippen molar-refractivity contribution in [1.29, 1.82) is 0 Å². The van der Waals surface area contributed by atoms with E-state index < -0.39 is 0 Å². The topological polar surface area (TPSA) is 56.7 Å². The van der Waals surface area contributed by atoms with Crippen LogP contribution < -0.4 is 5.73 Å². The minimum atomic E-state index is 0.259. The first kappa shape index (κ1) is 12.2. The van der Waals surface area contributed by atoms with Gasteiger partial charge in [-0.2, -0.15) is 0 Å². The van der Waals surface area contributed by atoms with Gasteiger partial charge in [0.2, 0.25) is 0 Å². The van der Waals surface area contributed by atoms with Crippen LogP contribution in [0.5, 0.6) is 0 Å². The molecule has 0 amide bonds. The van der Waals surface area contributed by atoms with Crippen LogP contribution in [0.3, 0.4) is 0 Å². The normalized spacial score (nSPS) is 11.1. The highest BCUT2D eigenvalue weighted by Gasteiger charge is 2.13. The highest BCUT2D eigenvalue weighted by atomic mass is 35.5. The zero-order valence-corrected chi connectivity index (χ0v) is 11.0. The molecule has 90 valence electrons. The molecule has 0 saturated heterocycles. The van der Waals surface area contributed by atoms with Gasteiger partial charge < -0.3 is 10.3 Å². The number of anilines is 1. The number of aromatic nitrogens is 3. The zero-order chi connectivity index (χ0) is 12.6. The fourth-order valence-electron chi connectivity index (χ4n) is 1.54. The first-order valence-corrected chi connectivity index (χ1v) is 5.90. The molecule has 0 aliphatic heterocycles. The van der Waals surface area contributed by atoms with Crippen molar-refractivity contribution in [3.8, 4) is 11.4 Å². The number of hydrogen-bond donors (Lipinski definition) is 1. The predicted molar refractivity (Wildman–Crippen MR) is 70.3 cm³/mol. The van der Waals surface area contributed by atoms with Crippen LogP contribution in [-0.2, 0) is 0 Å². The Labute approximate surface area is 109 Å². The summed E-state index contributed by atoms with van der Waals surface area (Å²) in [5.74, 6) is 0.726. The van der Waals surface area contributed by atoms with Crippen molar-refractivity contribution < 1.29 is 0 Å². The van der Waals surface area contributed by atoms with Gasteiger partial charge in [0.1, 0.15) is 6.33 Å². The molecule has 0 bridgehead atoms. The van der Waals surface area contributed by atoms with E-state index in [1.807, 2.05) is 18.4 Å². The van der Waals surface area contributed by atoms with Gasteiger partial charge in [0.05, 0.1) is 15.7 Å². The van der Waals surface area contributed by atoms with Crippen LogP contribution in [0, 0.1) is 0 Å². The summed E-state index contributed by atoms with van der Waals surface area (Å²) in [4.78, 5) is 0. The quantitative estimate of drug-likeness (QED) is 0.851. The third-order valence-corrected chi connectivity index (χ3v) is 3.09. The van der Waals surface area contributed by atoms with Crippen molar-refractivity contribution >= 4 is 28.9 Å². The number of nitrogens with zero attached hydrogens (tertiary/aromatic N) is 3. The number of nitrogen functional groups attached to an aromatic ring is 1. The molecule has 6 heteroatoms. The van der Waals surface area contributed by atoms with E-state index >= 15 is 0 Å². The summed E-state index contributed by atoms with van der Waals surface area (Å²) >= 11 is 12.0. The van der Waals surface area contributed by atoms with E-state index in [0.717, 1.165) is 11.4 Å². The molecule has 0 unspecified atom stereocenters. The molecule has 0 atom stereocenters. The van der Waals surface area contributed by atoms with Crippen molar-refractivity contribution in [3.63, 3.8) is 0 Å². The average Bonchev–Trinajstić information content (AvgIpc) is 2.74. The number of rotatable bonds is 2. The fourth-order valence-corrected chi connectivity index (χ4v) is 2.03. The largest absolute Gasteiger partial charge is 0.396 e. The highest BCUT2D eigenvalue weighted by molar-refractivity contribution is 6.39. The molecule has 4 nitrogen and oxygen atoms in total. The van der Waals surface area contributed by atoms with E-state index in [-0.39, 0.29) is 6.04 Å². The third kappa shape index (κ3) is 2.23. The second-order valence-electron chi connectivity index (χ2n) is 4.01. The van der Waals surface area contributed by atoms with Crippen molar-refractivity contribution in [1.82, 2.24) is 14.8 Å². The van der Waals surface area contributed by atoms with Gasteiger partial charge >= 0.3 is 0 Å². The Morgan fingerprint density at radius 2 is 1.82 bits per heavy atom. The first-order chi connectivity index (χ1) is 8.00. The van der Waals surface area contributed by atoms with Crippen LogP contribution >= 0.6 is 23.2 Å². The van der Waals surface area contributed by atoms with E-state index in [1.165, 1.54) is 0 Å². The lowest BCUT2D eigenvalue weighted by Crippen LogP contribution is -2.02. The van der Waals surface area contributed by atoms with E-state index in [2.05, 4.69) is 10.2 Å². The predicted octanol–water partition coefficient (Wildman–Crippen LogP) is 3.42. The van der Waals surface area contributed by atoms with Crippen molar-refractivity contribution in [2.24, 2.45) is 0 Å². The second-order valence-corrected chi connectivity index (χ2v) is 4.82. The molecule has 17 heavy (non-hydrogen) atoms. The maximum atomic E-state index is 6.00. The number of nitrogens with two attached hydrogens (primary N) is 1. The van der Waals surface area contributed by atoms with Crippen molar-refractivity contribution in [2.45, 2.75) is 19.9 Å². The molecule has 1 aromatic heterocycles. The molecule has 1 heterocycles. The molecule has 2 aromatic rings. The van der Waals surface area contributed by atoms with E-state index in [9.17, 15) is 0 Å². The molecule has 0 aliphatic carbocycles. The van der Waals surface area contributed by atoms with Gasteiger partial charge in [-0.15, -0.1) is 10.2 Å². The van der Waals surface area contributed by atoms with Gasteiger partial charge in [-0.25, -0.2) is 0 Å². The molecular weight excluding hydrogens is 259 g/mol. The molecule has 1 aromatic carbocycles. The van der Waals surface area contributed by atoms with Crippen LogP contribution in [-0.4, -0.2) is 14.8 Å². The maximum absolute atomic E-state index is 6.00. The van der Waals surface area contributed by atoms with Gasteiger partial charge in [0.15, 0.2) is 5.82 Å². The van der Waals surface area contributed by atoms with Crippen LogP contribution in [0.15, 0.2) is 18.5 Å². The average molecular weight is 271 g/mol. The van der Waals surface area contributed by atoms with E-state index in [0.29, 0.717) is 15.7 Å². The first-order valence-electron chi connectivity index (χ1n) is 5.15. The molecule has 0 aliphatic rings. The Hall–Kier alpha value is -1.26.